The Bertz CT molecular complexity index is 1590. The molecule has 0 radical (unpaired) electrons. The van der Waals surface area contributed by atoms with Crippen molar-refractivity contribution in [2.75, 3.05) is 50.2 Å². The number of nitrogens with zero attached hydrogens (tertiary/aromatic N) is 2. The summed E-state index contributed by atoms with van der Waals surface area (Å²) in [6.45, 7) is 1.01. The summed E-state index contributed by atoms with van der Waals surface area (Å²) < 4.78 is 25.5. The monoisotopic (exact) mass is 571 g/mol. The van der Waals surface area contributed by atoms with Crippen LogP contribution in [0.5, 0.6) is 0 Å². The first-order valence-corrected chi connectivity index (χ1v) is 14.0. The van der Waals surface area contributed by atoms with Gasteiger partial charge in [0, 0.05) is 24.0 Å². The topological polar surface area (TPSA) is 122 Å². The van der Waals surface area contributed by atoms with Crippen LogP contribution in [0.15, 0.2) is 60.8 Å². The highest BCUT2D eigenvalue weighted by Gasteiger charge is 2.51. The average molecular weight is 572 g/mol. The SMILES string of the molecule is O=C(CN1C(=O)C2(COCCOC2)NC[C@H]1c1cccc(F)c1)Nc1ccc2c(c1)CC1(C2)C(=O)Nc2ncccc21. The van der Waals surface area contributed by atoms with E-state index in [0.717, 1.165) is 16.7 Å². The Kier molecular flexibility index (Phi) is 6.52. The maximum Gasteiger partial charge on any atom is 0.248 e. The highest BCUT2D eigenvalue weighted by Crippen LogP contribution is 2.47. The summed E-state index contributed by atoms with van der Waals surface area (Å²) in [7, 11) is 0. The van der Waals surface area contributed by atoms with Crippen LogP contribution in [0.25, 0.3) is 0 Å². The first-order chi connectivity index (χ1) is 20.4. The maximum absolute atomic E-state index is 14.2. The molecular formula is C31H30FN5O5. The minimum atomic E-state index is -1.13. The highest BCUT2D eigenvalue weighted by molar-refractivity contribution is 6.06. The van der Waals surface area contributed by atoms with Gasteiger partial charge in [0.2, 0.25) is 17.7 Å². The standard InChI is InChI=1S/C31H30FN5O5/c32-22-4-1-3-19(11-22)25-15-34-31(17-41-9-10-42-18-31)29(40)37(25)16-26(38)35-23-7-6-20-13-30(14-21(20)12-23)24-5-2-8-33-27(24)36-28(30)39/h1-8,11-12,25,34H,9-10,13-18H2,(H,35,38)(H,33,36,39)/t25-,30?/m0/s1. The number of anilines is 2. The van der Waals surface area contributed by atoms with Gasteiger partial charge in [-0.25, -0.2) is 9.37 Å². The van der Waals surface area contributed by atoms with Gasteiger partial charge in [0.1, 0.15) is 23.7 Å². The number of aromatic nitrogens is 1. The van der Waals surface area contributed by atoms with Crippen molar-refractivity contribution in [1.82, 2.24) is 15.2 Å². The fourth-order valence-electron chi connectivity index (χ4n) is 6.67. The molecule has 0 bridgehead atoms. The van der Waals surface area contributed by atoms with Crippen molar-refractivity contribution < 1.29 is 28.2 Å². The maximum atomic E-state index is 14.2. The predicted octanol–water partition coefficient (Wildman–Crippen LogP) is 2.11. The van der Waals surface area contributed by atoms with Crippen molar-refractivity contribution >= 4 is 29.2 Å². The molecule has 1 aliphatic carbocycles. The third-order valence-corrected chi connectivity index (χ3v) is 8.76. The van der Waals surface area contributed by atoms with Crippen molar-refractivity contribution in [3.63, 3.8) is 0 Å². The highest BCUT2D eigenvalue weighted by atomic mass is 19.1. The number of fused-ring (bicyclic) bond motifs is 3. The lowest BCUT2D eigenvalue weighted by Crippen LogP contribution is -2.69. The minimum Gasteiger partial charge on any atom is -0.376 e. The number of ether oxygens (including phenoxy) is 2. The number of carbonyl (C=O) groups excluding carboxylic acids is 3. The Morgan fingerprint density at radius 2 is 1.86 bits per heavy atom. The van der Waals surface area contributed by atoms with Gasteiger partial charge >= 0.3 is 0 Å². The van der Waals surface area contributed by atoms with E-state index in [1.54, 1.807) is 18.3 Å². The van der Waals surface area contributed by atoms with Crippen LogP contribution in [0, 0.1) is 5.82 Å². The molecule has 3 aromatic rings. The zero-order valence-electron chi connectivity index (χ0n) is 22.8. The number of nitrogens with one attached hydrogen (secondary N) is 3. The van der Waals surface area contributed by atoms with Gasteiger partial charge in [-0.2, -0.15) is 0 Å². The molecule has 3 N–H and O–H groups in total. The predicted molar refractivity (Wildman–Crippen MR) is 150 cm³/mol. The third kappa shape index (κ3) is 4.44. The molecule has 1 unspecified atom stereocenters. The molecule has 2 aromatic carbocycles. The molecule has 3 amide bonds. The van der Waals surface area contributed by atoms with Gasteiger partial charge in [0.15, 0.2) is 0 Å². The fraction of sp³-hybridized carbons (Fsp3) is 0.355. The zero-order chi connectivity index (χ0) is 28.9. The number of halogens is 1. The van der Waals surface area contributed by atoms with E-state index in [4.69, 9.17) is 9.47 Å². The summed E-state index contributed by atoms with van der Waals surface area (Å²) >= 11 is 0. The van der Waals surface area contributed by atoms with Crippen molar-refractivity contribution in [2.24, 2.45) is 0 Å². The number of piperazine rings is 1. The van der Waals surface area contributed by atoms with Crippen LogP contribution in [0.1, 0.15) is 28.3 Å². The summed E-state index contributed by atoms with van der Waals surface area (Å²) in [6, 6.07) is 14.9. The van der Waals surface area contributed by atoms with Gasteiger partial charge in [-0.15, -0.1) is 0 Å². The molecule has 11 heteroatoms. The number of carbonyl (C=O) groups is 3. The van der Waals surface area contributed by atoms with Crippen LogP contribution >= 0.6 is 0 Å². The second kappa shape index (κ2) is 10.3. The Labute approximate surface area is 241 Å². The third-order valence-electron chi connectivity index (χ3n) is 8.76. The Hall–Kier alpha value is -4.19. The molecule has 42 heavy (non-hydrogen) atoms. The number of hydrogen-bond acceptors (Lipinski definition) is 7. The number of hydrogen-bond donors (Lipinski definition) is 3. The van der Waals surface area contributed by atoms with Crippen molar-refractivity contribution in [3.05, 3.63) is 88.9 Å². The van der Waals surface area contributed by atoms with Gasteiger partial charge in [-0.3, -0.25) is 19.7 Å². The zero-order valence-corrected chi connectivity index (χ0v) is 22.8. The summed E-state index contributed by atoms with van der Waals surface area (Å²) in [5.41, 5.74) is 2.22. The second-order valence-electron chi connectivity index (χ2n) is 11.4. The van der Waals surface area contributed by atoms with Crippen LogP contribution in [0.3, 0.4) is 0 Å². The molecule has 2 saturated heterocycles. The largest absolute Gasteiger partial charge is 0.376 e. The summed E-state index contributed by atoms with van der Waals surface area (Å²) in [6.07, 6.45) is 2.71. The molecule has 7 rings (SSSR count). The molecule has 3 aliphatic heterocycles. The summed E-state index contributed by atoms with van der Waals surface area (Å²) in [5, 5.41) is 9.12. The molecule has 10 nitrogen and oxygen atoms in total. The van der Waals surface area contributed by atoms with Crippen LogP contribution < -0.4 is 16.0 Å². The molecule has 2 fully saturated rings. The molecule has 1 aromatic heterocycles. The lowest BCUT2D eigenvalue weighted by molar-refractivity contribution is -0.151. The van der Waals surface area contributed by atoms with Crippen LogP contribution in [0.2, 0.25) is 0 Å². The number of pyridine rings is 1. The van der Waals surface area contributed by atoms with E-state index in [1.165, 1.54) is 17.0 Å². The van der Waals surface area contributed by atoms with Gasteiger partial charge in [-0.1, -0.05) is 24.3 Å². The lowest BCUT2D eigenvalue weighted by Gasteiger charge is -2.45. The van der Waals surface area contributed by atoms with E-state index < -0.39 is 28.7 Å². The number of benzene rings is 2. The van der Waals surface area contributed by atoms with E-state index in [-0.39, 0.29) is 31.6 Å². The van der Waals surface area contributed by atoms with E-state index in [0.29, 0.717) is 49.7 Å². The normalized spacial score (nSPS) is 24.3. The number of amides is 3. The lowest BCUT2D eigenvalue weighted by atomic mass is 9.79. The van der Waals surface area contributed by atoms with Crippen LogP contribution in [-0.2, 0) is 42.1 Å². The van der Waals surface area contributed by atoms with Crippen molar-refractivity contribution in [2.45, 2.75) is 29.8 Å². The summed E-state index contributed by atoms with van der Waals surface area (Å²) in [4.78, 5) is 46.2. The molecule has 0 saturated carbocycles. The molecule has 4 heterocycles. The first-order valence-electron chi connectivity index (χ1n) is 14.0. The average Bonchev–Trinajstić information content (AvgIpc) is 3.38. The minimum absolute atomic E-state index is 0.0704. The summed E-state index contributed by atoms with van der Waals surface area (Å²) in [5.74, 6) is -0.622. The van der Waals surface area contributed by atoms with E-state index >= 15 is 0 Å². The molecule has 216 valence electrons. The van der Waals surface area contributed by atoms with Crippen LogP contribution in [-0.4, -0.2) is 72.7 Å². The molecular weight excluding hydrogens is 541 g/mol. The Morgan fingerprint density at radius 3 is 2.67 bits per heavy atom. The van der Waals surface area contributed by atoms with Crippen molar-refractivity contribution in [3.8, 4) is 0 Å². The van der Waals surface area contributed by atoms with Gasteiger partial charge in [0.25, 0.3) is 0 Å². The van der Waals surface area contributed by atoms with Gasteiger partial charge in [0.05, 0.1) is 37.9 Å². The Balaban J connectivity index is 1.12. The van der Waals surface area contributed by atoms with Crippen LogP contribution in [0.4, 0.5) is 15.9 Å². The molecule has 2 spiro atoms. The van der Waals surface area contributed by atoms with E-state index in [9.17, 15) is 18.8 Å². The second-order valence-corrected chi connectivity index (χ2v) is 11.4. The van der Waals surface area contributed by atoms with Gasteiger partial charge < -0.3 is 25.0 Å². The smallest absolute Gasteiger partial charge is 0.248 e. The fourth-order valence-corrected chi connectivity index (χ4v) is 6.67. The Morgan fingerprint density at radius 1 is 1.05 bits per heavy atom. The number of rotatable bonds is 4. The van der Waals surface area contributed by atoms with Gasteiger partial charge in [-0.05, 0) is 59.9 Å². The van der Waals surface area contributed by atoms with E-state index in [1.807, 2.05) is 30.3 Å². The molecule has 4 aliphatic rings. The quantitative estimate of drug-likeness (QED) is 0.439. The van der Waals surface area contributed by atoms with E-state index in [2.05, 4.69) is 20.9 Å². The molecule has 2 atom stereocenters. The first kappa shape index (κ1) is 26.7. The van der Waals surface area contributed by atoms with Crippen molar-refractivity contribution in [1.29, 1.82) is 0 Å².